The summed E-state index contributed by atoms with van der Waals surface area (Å²) in [7, 11) is 1.85. The molecule has 5 nitrogen and oxygen atoms in total. The number of carbonyl (C=O) groups excluding carboxylic acids is 1. The Kier molecular flexibility index (Phi) is 5.11. The van der Waals surface area contributed by atoms with E-state index in [1.807, 2.05) is 49.9 Å². The summed E-state index contributed by atoms with van der Waals surface area (Å²) in [6.07, 6.45) is 5.41. The molecule has 21 heavy (non-hydrogen) atoms. The number of hydrogen-bond acceptors (Lipinski definition) is 3. The lowest BCUT2D eigenvalue weighted by Gasteiger charge is -2.18. The Balaban J connectivity index is 2.07. The highest BCUT2D eigenvalue weighted by Gasteiger charge is 2.15. The lowest BCUT2D eigenvalue weighted by atomic mass is 10.1. The molecular weight excluding hydrogens is 264 g/mol. The van der Waals surface area contributed by atoms with Crippen LogP contribution in [0.15, 0.2) is 43.0 Å². The van der Waals surface area contributed by atoms with Crippen LogP contribution in [0.2, 0.25) is 0 Å². The van der Waals surface area contributed by atoms with Gasteiger partial charge in [0.05, 0.1) is 12.4 Å². The maximum atomic E-state index is 12.1. The van der Waals surface area contributed by atoms with E-state index in [0.29, 0.717) is 6.54 Å². The summed E-state index contributed by atoms with van der Waals surface area (Å²) >= 11 is 0. The second-order valence-corrected chi connectivity index (χ2v) is 5.25. The molecule has 0 aliphatic carbocycles. The Morgan fingerprint density at radius 2 is 2.19 bits per heavy atom. The van der Waals surface area contributed by atoms with Gasteiger partial charge >= 0.3 is 0 Å². The van der Waals surface area contributed by atoms with Crippen LogP contribution < -0.4 is 10.6 Å². The van der Waals surface area contributed by atoms with Gasteiger partial charge < -0.3 is 15.2 Å². The molecule has 2 aromatic rings. The van der Waals surface area contributed by atoms with E-state index in [2.05, 4.69) is 21.7 Å². The van der Waals surface area contributed by atoms with Crippen molar-refractivity contribution in [1.82, 2.24) is 20.2 Å². The summed E-state index contributed by atoms with van der Waals surface area (Å²) < 4.78 is 1.95. The van der Waals surface area contributed by atoms with Crippen LogP contribution in [-0.2, 0) is 4.79 Å². The van der Waals surface area contributed by atoms with Crippen molar-refractivity contribution in [3.05, 3.63) is 48.5 Å². The van der Waals surface area contributed by atoms with Gasteiger partial charge in [-0.05, 0) is 31.7 Å². The smallest absolute Gasteiger partial charge is 0.224 e. The van der Waals surface area contributed by atoms with Gasteiger partial charge in [0.2, 0.25) is 5.91 Å². The normalized spacial score (nSPS) is 13.7. The molecule has 1 heterocycles. The Morgan fingerprint density at radius 1 is 1.38 bits per heavy atom. The third kappa shape index (κ3) is 3.92. The molecule has 0 aliphatic rings. The largest absolute Gasteiger partial charge is 0.349 e. The van der Waals surface area contributed by atoms with E-state index in [1.54, 1.807) is 12.5 Å². The number of amides is 1. The maximum Gasteiger partial charge on any atom is 0.224 e. The average Bonchev–Trinajstić information content (AvgIpc) is 3.01. The first-order chi connectivity index (χ1) is 10.1. The quantitative estimate of drug-likeness (QED) is 0.853. The highest BCUT2D eigenvalue weighted by atomic mass is 16.1. The van der Waals surface area contributed by atoms with Crippen LogP contribution in [0, 0.1) is 5.92 Å². The summed E-state index contributed by atoms with van der Waals surface area (Å²) in [6.45, 7) is 4.59. The molecule has 2 rings (SSSR count). The SMILES string of the molecule is CNCC(C)C(=O)NC(C)c1cccc(-n2ccnc2)c1. The Morgan fingerprint density at radius 3 is 2.86 bits per heavy atom. The number of aromatic nitrogens is 2. The van der Waals surface area contributed by atoms with Gasteiger partial charge in [-0.15, -0.1) is 0 Å². The molecule has 0 bridgehead atoms. The van der Waals surface area contributed by atoms with E-state index in [9.17, 15) is 4.79 Å². The Hall–Kier alpha value is -2.14. The first kappa shape index (κ1) is 15.3. The van der Waals surface area contributed by atoms with Gasteiger partial charge in [-0.1, -0.05) is 19.1 Å². The van der Waals surface area contributed by atoms with Crippen molar-refractivity contribution in [2.75, 3.05) is 13.6 Å². The third-order valence-corrected chi connectivity index (χ3v) is 3.49. The summed E-state index contributed by atoms with van der Waals surface area (Å²) in [5.74, 6) is 0.0131. The predicted octanol–water partition coefficient (Wildman–Crippen LogP) is 1.90. The molecule has 2 atom stereocenters. The van der Waals surface area contributed by atoms with E-state index in [-0.39, 0.29) is 17.9 Å². The molecule has 2 N–H and O–H groups in total. The third-order valence-electron chi connectivity index (χ3n) is 3.49. The standard InChI is InChI=1S/C16H22N4O/c1-12(10-17-3)16(21)19-13(2)14-5-4-6-15(9-14)20-8-7-18-11-20/h4-9,11-13,17H,10H2,1-3H3,(H,19,21). The number of carbonyl (C=O) groups is 1. The minimum atomic E-state index is -0.0470. The monoisotopic (exact) mass is 286 g/mol. The number of hydrogen-bond donors (Lipinski definition) is 2. The van der Waals surface area contributed by atoms with Gasteiger partial charge in [-0.25, -0.2) is 4.98 Å². The number of nitrogens with zero attached hydrogens (tertiary/aromatic N) is 2. The van der Waals surface area contributed by atoms with Crippen LogP contribution in [0.4, 0.5) is 0 Å². The second kappa shape index (κ2) is 7.04. The molecule has 0 saturated carbocycles. The first-order valence-corrected chi connectivity index (χ1v) is 7.15. The lowest BCUT2D eigenvalue weighted by Crippen LogP contribution is -2.35. The molecular formula is C16H22N4O. The second-order valence-electron chi connectivity index (χ2n) is 5.25. The fraction of sp³-hybridized carbons (Fsp3) is 0.375. The van der Waals surface area contributed by atoms with Gasteiger partial charge in [-0.2, -0.15) is 0 Å². The molecule has 1 aromatic carbocycles. The van der Waals surface area contributed by atoms with E-state index in [1.165, 1.54) is 0 Å². The number of imidazole rings is 1. The van der Waals surface area contributed by atoms with Gasteiger partial charge in [0, 0.05) is 30.5 Å². The molecule has 5 heteroatoms. The van der Waals surface area contributed by atoms with Crippen molar-refractivity contribution < 1.29 is 4.79 Å². The minimum absolute atomic E-state index is 0.0275. The molecule has 0 fully saturated rings. The topological polar surface area (TPSA) is 59.0 Å². The summed E-state index contributed by atoms with van der Waals surface area (Å²) in [5.41, 5.74) is 2.11. The van der Waals surface area contributed by atoms with Gasteiger partial charge in [0.15, 0.2) is 0 Å². The van der Waals surface area contributed by atoms with E-state index in [4.69, 9.17) is 0 Å². The fourth-order valence-corrected chi connectivity index (χ4v) is 2.20. The average molecular weight is 286 g/mol. The van der Waals surface area contributed by atoms with Gasteiger partial charge in [0.25, 0.3) is 0 Å². The summed E-state index contributed by atoms with van der Waals surface area (Å²) in [6, 6.07) is 8.07. The molecule has 112 valence electrons. The zero-order chi connectivity index (χ0) is 15.2. The number of benzene rings is 1. The summed E-state index contributed by atoms with van der Waals surface area (Å²) in [4.78, 5) is 16.1. The first-order valence-electron chi connectivity index (χ1n) is 7.15. The lowest BCUT2D eigenvalue weighted by molar-refractivity contribution is -0.125. The molecule has 1 amide bonds. The van der Waals surface area contributed by atoms with Crippen LogP contribution in [0.3, 0.4) is 0 Å². The predicted molar refractivity (Wildman–Crippen MR) is 83.2 cm³/mol. The number of nitrogens with one attached hydrogen (secondary N) is 2. The van der Waals surface area contributed by atoms with Crippen LogP contribution in [-0.4, -0.2) is 29.1 Å². The van der Waals surface area contributed by atoms with Gasteiger partial charge in [0.1, 0.15) is 0 Å². The molecule has 0 radical (unpaired) electrons. The Labute approximate surface area is 125 Å². The zero-order valence-electron chi connectivity index (χ0n) is 12.7. The van der Waals surface area contributed by atoms with Crippen LogP contribution >= 0.6 is 0 Å². The highest BCUT2D eigenvalue weighted by Crippen LogP contribution is 2.17. The molecule has 0 saturated heterocycles. The van der Waals surface area contributed by atoms with E-state index >= 15 is 0 Å². The summed E-state index contributed by atoms with van der Waals surface area (Å²) in [5, 5.41) is 6.07. The van der Waals surface area contributed by atoms with Crippen LogP contribution in [0.5, 0.6) is 0 Å². The maximum absolute atomic E-state index is 12.1. The van der Waals surface area contributed by atoms with Crippen molar-refractivity contribution in [3.63, 3.8) is 0 Å². The van der Waals surface area contributed by atoms with Gasteiger partial charge in [-0.3, -0.25) is 4.79 Å². The molecule has 0 spiro atoms. The van der Waals surface area contributed by atoms with Crippen molar-refractivity contribution >= 4 is 5.91 Å². The van der Waals surface area contributed by atoms with Crippen LogP contribution in [0.1, 0.15) is 25.5 Å². The zero-order valence-corrected chi connectivity index (χ0v) is 12.7. The van der Waals surface area contributed by atoms with Crippen molar-refractivity contribution in [3.8, 4) is 5.69 Å². The number of rotatable bonds is 6. The molecule has 2 unspecified atom stereocenters. The minimum Gasteiger partial charge on any atom is -0.349 e. The fourth-order valence-electron chi connectivity index (χ4n) is 2.20. The highest BCUT2D eigenvalue weighted by molar-refractivity contribution is 5.79. The van der Waals surface area contributed by atoms with Crippen molar-refractivity contribution in [2.45, 2.75) is 19.9 Å². The van der Waals surface area contributed by atoms with E-state index in [0.717, 1.165) is 11.3 Å². The van der Waals surface area contributed by atoms with Crippen molar-refractivity contribution in [1.29, 1.82) is 0 Å². The Bertz CT molecular complexity index is 580. The molecule has 0 aliphatic heterocycles. The van der Waals surface area contributed by atoms with E-state index < -0.39 is 0 Å². The molecule has 1 aromatic heterocycles. The van der Waals surface area contributed by atoms with Crippen LogP contribution in [0.25, 0.3) is 5.69 Å². The van der Waals surface area contributed by atoms with Crippen molar-refractivity contribution in [2.24, 2.45) is 5.92 Å².